The fraction of sp³-hybridized carbons (Fsp3) is 0.600. The van der Waals surface area contributed by atoms with Gasteiger partial charge >= 0.3 is 0 Å². The third-order valence-corrected chi connectivity index (χ3v) is 2.08. The Bertz CT molecular complexity index is 322. The van der Waals surface area contributed by atoms with Crippen LogP contribution in [-0.4, -0.2) is 29.3 Å². The number of carbonyl (C=O) groups is 1. The summed E-state index contributed by atoms with van der Waals surface area (Å²) in [6.07, 6.45) is 0.676. The topological polar surface area (TPSA) is 75.4 Å². The van der Waals surface area contributed by atoms with Gasteiger partial charge in [-0.25, -0.2) is 0 Å². The van der Waals surface area contributed by atoms with Gasteiger partial charge in [-0.05, 0) is 19.3 Å². The molecule has 1 atom stereocenters. The Morgan fingerprint density at radius 3 is 3.00 bits per heavy atom. The van der Waals surface area contributed by atoms with E-state index in [9.17, 15) is 4.79 Å². The van der Waals surface area contributed by atoms with Crippen molar-refractivity contribution in [2.24, 2.45) is 5.92 Å². The molecule has 0 aromatic carbocycles. The van der Waals surface area contributed by atoms with Gasteiger partial charge in [0.05, 0.1) is 5.69 Å². The van der Waals surface area contributed by atoms with Crippen LogP contribution in [0.4, 0.5) is 0 Å². The molecule has 5 heteroatoms. The van der Waals surface area contributed by atoms with Crippen LogP contribution in [0.5, 0.6) is 0 Å². The number of hydrogen-bond donors (Lipinski definition) is 2. The van der Waals surface area contributed by atoms with Crippen molar-refractivity contribution in [3.63, 3.8) is 0 Å². The number of aliphatic hydroxyl groups is 1. The number of hydrogen-bond acceptors (Lipinski definition) is 4. The molecule has 0 saturated carbocycles. The second-order valence-electron chi connectivity index (χ2n) is 3.66. The predicted molar refractivity (Wildman–Crippen MR) is 54.4 cm³/mol. The maximum atomic E-state index is 11.5. The van der Waals surface area contributed by atoms with E-state index in [1.54, 1.807) is 13.0 Å². The van der Waals surface area contributed by atoms with Crippen LogP contribution in [0.15, 0.2) is 10.6 Å². The van der Waals surface area contributed by atoms with E-state index in [1.807, 2.05) is 6.92 Å². The lowest BCUT2D eigenvalue weighted by molar-refractivity contribution is 0.0908. The number of amides is 1. The maximum Gasteiger partial charge on any atom is 0.289 e. The second kappa shape index (κ2) is 5.50. The highest BCUT2D eigenvalue weighted by molar-refractivity contribution is 5.91. The van der Waals surface area contributed by atoms with E-state index in [0.717, 1.165) is 0 Å². The minimum atomic E-state index is -0.264. The number of aromatic nitrogens is 1. The lowest BCUT2D eigenvalue weighted by atomic mass is 10.1. The molecular formula is C10H16N2O3. The van der Waals surface area contributed by atoms with Gasteiger partial charge in [-0.15, -0.1) is 0 Å². The zero-order chi connectivity index (χ0) is 11.3. The summed E-state index contributed by atoms with van der Waals surface area (Å²) in [4.78, 5) is 11.5. The maximum absolute atomic E-state index is 11.5. The lowest BCUT2D eigenvalue weighted by Crippen LogP contribution is -2.28. The number of nitrogens with one attached hydrogen (secondary N) is 1. The van der Waals surface area contributed by atoms with Crippen LogP contribution in [0, 0.1) is 12.8 Å². The van der Waals surface area contributed by atoms with Crippen molar-refractivity contribution < 1.29 is 14.4 Å². The summed E-state index contributed by atoms with van der Waals surface area (Å²) in [5.74, 6) is 0.215. The van der Waals surface area contributed by atoms with Gasteiger partial charge in [0.25, 0.3) is 5.91 Å². The van der Waals surface area contributed by atoms with Crippen molar-refractivity contribution in [3.05, 3.63) is 17.5 Å². The zero-order valence-corrected chi connectivity index (χ0v) is 8.99. The molecule has 5 nitrogen and oxygen atoms in total. The number of aliphatic hydroxyl groups excluding tert-OH is 1. The van der Waals surface area contributed by atoms with Gasteiger partial charge in [0.2, 0.25) is 5.76 Å². The Morgan fingerprint density at radius 2 is 2.47 bits per heavy atom. The van der Waals surface area contributed by atoms with Gasteiger partial charge in [0.15, 0.2) is 0 Å². The van der Waals surface area contributed by atoms with E-state index in [-0.39, 0.29) is 24.2 Å². The van der Waals surface area contributed by atoms with Crippen LogP contribution in [0.3, 0.4) is 0 Å². The quantitative estimate of drug-likeness (QED) is 0.754. The third-order valence-electron chi connectivity index (χ3n) is 2.08. The van der Waals surface area contributed by atoms with E-state index in [1.165, 1.54) is 0 Å². The van der Waals surface area contributed by atoms with Crippen LogP contribution >= 0.6 is 0 Å². The van der Waals surface area contributed by atoms with Gasteiger partial charge < -0.3 is 14.9 Å². The van der Waals surface area contributed by atoms with Crippen molar-refractivity contribution in [2.75, 3.05) is 13.2 Å². The zero-order valence-electron chi connectivity index (χ0n) is 8.99. The molecule has 1 unspecified atom stereocenters. The van der Waals surface area contributed by atoms with E-state index >= 15 is 0 Å². The molecule has 1 rings (SSSR count). The molecule has 0 fully saturated rings. The Morgan fingerprint density at radius 1 is 1.73 bits per heavy atom. The highest BCUT2D eigenvalue weighted by Gasteiger charge is 2.11. The normalized spacial score (nSPS) is 12.5. The molecule has 0 saturated heterocycles. The summed E-state index contributed by atoms with van der Waals surface area (Å²) >= 11 is 0. The molecule has 15 heavy (non-hydrogen) atoms. The second-order valence-corrected chi connectivity index (χ2v) is 3.66. The molecule has 0 radical (unpaired) electrons. The van der Waals surface area contributed by atoms with Crippen molar-refractivity contribution in [2.45, 2.75) is 20.3 Å². The molecule has 0 aliphatic rings. The summed E-state index contributed by atoms with van der Waals surface area (Å²) in [6, 6.07) is 1.59. The molecule has 1 heterocycles. The van der Waals surface area contributed by atoms with Crippen LogP contribution in [-0.2, 0) is 0 Å². The molecule has 1 aromatic rings. The highest BCUT2D eigenvalue weighted by Crippen LogP contribution is 2.03. The third kappa shape index (κ3) is 3.71. The van der Waals surface area contributed by atoms with Gasteiger partial charge in [-0.1, -0.05) is 12.1 Å². The smallest absolute Gasteiger partial charge is 0.289 e. The monoisotopic (exact) mass is 212 g/mol. The summed E-state index contributed by atoms with van der Waals surface area (Å²) in [7, 11) is 0. The first-order valence-electron chi connectivity index (χ1n) is 4.96. The highest BCUT2D eigenvalue weighted by atomic mass is 16.5. The van der Waals surface area contributed by atoms with Crippen molar-refractivity contribution in [1.82, 2.24) is 10.5 Å². The minimum absolute atomic E-state index is 0.137. The first-order chi connectivity index (χ1) is 7.13. The van der Waals surface area contributed by atoms with Gasteiger partial charge in [-0.2, -0.15) is 0 Å². The summed E-state index contributed by atoms with van der Waals surface area (Å²) in [5, 5.41) is 15.0. The average molecular weight is 212 g/mol. The van der Waals surface area contributed by atoms with Crippen LogP contribution < -0.4 is 5.32 Å². The van der Waals surface area contributed by atoms with Crippen LogP contribution in [0.2, 0.25) is 0 Å². The number of carbonyl (C=O) groups excluding carboxylic acids is 1. The Balaban J connectivity index is 2.36. The molecule has 0 aliphatic heterocycles. The Labute approximate surface area is 88.5 Å². The van der Waals surface area contributed by atoms with Gasteiger partial charge in [0.1, 0.15) is 0 Å². The minimum Gasteiger partial charge on any atom is -0.396 e. The molecule has 0 aliphatic carbocycles. The number of rotatable bonds is 5. The molecule has 0 spiro atoms. The van der Waals surface area contributed by atoms with E-state index in [2.05, 4.69) is 10.5 Å². The Kier molecular flexibility index (Phi) is 4.30. The summed E-state index contributed by atoms with van der Waals surface area (Å²) < 4.78 is 4.81. The summed E-state index contributed by atoms with van der Waals surface area (Å²) in [5.41, 5.74) is 0.684. The fourth-order valence-corrected chi connectivity index (χ4v) is 1.15. The molecule has 1 aromatic heterocycles. The lowest BCUT2D eigenvalue weighted by Gasteiger charge is -2.09. The average Bonchev–Trinajstić information content (AvgIpc) is 2.62. The summed E-state index contributed by atoms with van der Waals surface area (Å²) in [6.45, 7) is 4.38. The van der Waals surface area contributed by atoms with Crippen molar-refractivity contribution >= 4 is 5.91 Å². The largest absolute Gasteiger partial charge is 0.396 e. The van der Waals surface area contributed by atoms with E-state index < -0.39 is 0 Å². The molecule has 1 amide bonds. The van der Waals surface area contributed by atoms with Crippen LogP contribution in [0.25, 0.3) is 0 Å². The standard InChI is InChI=1S/C10H16N2O3/c1-7(3-4-13)6-11-10(14)9-5-8(2)12-15-9/h5,7,13H,3-4,6H2,1-2H3,(H,11,14). The number of aryl methyl sites for hydroxylation is 1. The van der Waals surface area contributed by atoms with E-state index in [0.29, 0.717) is 18.7 Å². The molecule has 0 bridgehead atoms. The van der Waals surface area contributed by atoms with Crippen molar-refractivity contribution in [1.29, 1.82) is 0 Å². The molecule has 2 N–H and O–H groups in total. The molecular weight excluding hydrogens is 196 g/mol. The SMILES string of the molecule is Cc1cc(C(=O)NCC(C)CCO)on1. The van der Waals surface area contributed by atoms with E-state index in [4.69, 9.17) is 9.63 Å². The van der Waals surface area contributed by atoms with Crippen molar-refractivity contribution in [3.8, 4) is 0 Å². The van der Waals surface area contributed by atoms with Gasteiger partial charge in [0, 0.05) is 19.2 Å². The first-order valence-corrected chi connectivity index (χ1v) is 4.96. The predicted octanol–water partition coefficient (Wildman–Crippen LogP) is 0.731. The fourth-order valence-electron chi connectivity index (χ4n) is 1.15. The first kappa shape index (κ1) is 11.7. The van der Waals surface area contributed by atoms with Crippen LogP contribution in [0.1, 0.15) is 29.6 Å². The Hall–Kier alpha value is -1.36. The van der Waals surface area contributed by atoms with Gasteiger partial charge in [-0.3, -0.25) is 4.79 Å². The molecule has 84 valence electrons. The number of nitrogens with zero attached hydrogens (tertiary/aromatic N) is 1.